The number of hydrogen-bond donors (Lipinski definition) is 1. The summed E-state index contributed by atoms with van der Waals surface area (Å²) in [7, 11) is 3.82. The molecule has 3 nitrogen and oxygen atoms in total. The molecule has 3 unspecified atom stereocenters. The van der Waals surface area contributed by atoms with Crippen LogP contribution in [0.2, 0.25) is 0 Å². The van der Waals surface area contributed by atoms with Gasteiger partial charge in [0.05, 0.1) is 6.10 Å². The molecule has 16 heavy (non-hydrogen) atoms. The molecule has 0 radical (unpaired) electrons. The number of hydrogen-bond acceptors (Lipinski definition) is 3. The van der Waals surface area contributed by atoms with Crippen molar-refractivity contribution in [1.82, 2.24) is 5.32 Å². The Morgan fingerprint density at radius 2 is 2.25 bits per heavy atom. The van der Waals surface area contributed by atoms with Crippen molar-refractivity contribution in [3.63, 3.8) is 0 Å². The molecule has 1 aliphatic heterocycles. The van der Waals surface area contributed by atoms with Crippen LogP contribution in [0.25, 0.3) is 0 Å². The Hall–Kier alpha value is -0.120. The Kier molecular flexibility index (Phi) is 7.01. The molecule has 0 spiro atoms. The first kappa shape index (κ1) is 13.9. The summed E-state index contributed by atoms with van der Waals surface area (Å²) >= 11 is 0. The van der Waals surface area contributed by atoms with Crippen LogP contribution in [0.1, 0.15) is 39.0 Å². The van der Waals surface area contributed by atoms with Crippen LogP contribution in [-0.2, 0) is 9.47 Å². The van der Waals surface area contributed by atoms with Gasteiger partial charge in [-0.15, -0.1) is 0 Å². The van der Waals surface area contributed by atoms with Crippen LogP contribution in [0, 0.1) is 5.92 Å². The van der Waals surface area contributed by atoms with Crippen LogP contribution >= 0.6 is 0 Å². The standard InChI is InChI=1S/C13H27NO2/c1-11(7-9-15-3)13(14-2)10-12-6-4-5-8-16-12/h11-14H,4-10H2,1-3H3. The van der Waals surface area contributed by atoms with E-state index in [1.807, 2.05) is 0 Å². The van der Waals surface area contributed by atoms with Gasteiger partial charge in [0.2, 0.25) is 0 Å². The molecule has 0 aromatic rings. The van der Waals surface area contributed by atoms with E-state index < -0.39 is 0 Å². The molecule has 1 fully saturated rings. The van der Waals surface area contributed by atoms with E-state index in [1.165, 1.54) is 19.3 Å². The van der Waals surface area contributed by atoms with Crippen LogP contribution < -0.4 is 5.32 Å². The second kappa shape index (κ2) is 8.04. The zero-order valence-corrected chi connectivity index (χ0v) is 11.0. The molecule has 1 heterocycles. The van der Waals surface area contributed by atoms with E-state index in [-0.39, 0.29) is 0 Å². The molecule has 3 heteroatoms. The lowest BCUT2D eigenvalue weighted by atomic mass is 9.91. The molecule has 1 saturated heterocycles. The van der Waals surface area contributed by atoms with Crippen molar-refractivity contribution >= 4 is 0 Å². The maximum atomic E-state index is 5.79. The zero-order chi connectivity index (χ0) is 11.8. The Bertz CT molecular complexity index is 169. The maximum absolute atomic E-state index is 5.79. The first-order valence-corrected chi connectivity index (χ1v) is 6.55. The van der Waals surface area contributed by atoms with E-state index in [1.54, 1.807) is 7.11 Å². The quantitative estimate of drug-likeness (QED) is 0.726. The van der Waals surface area contributed by atoms with Crippen molar-refractivity contribution < 1.29 is 9.47 Å². The topological polar surface area (TPSA) is 30.5 Å². The molecular weight excluding hydrogens is 202 g/mol. The summed E-state index contributed by atoms with van der Waals surface area (Å²) in [5.41, 5.74) is 0. The Labute approximate surface area is 99.9 Å². The lowest BCUT2D eigenvalue weighted by Crippen LogP contribution is -2.37. The third-order valence-electron chi connectivity index (χ3n) is 3.63. The average Bonchev–Trinajstić information content (AvgIpc) is 2.34. The highest BCUT2D eigenvalue weighted by Crippen LogP contribution is 2.21. The molecule has 1 aliphatic rings. The molecule has 96 valence electrons. The second-order valence-electron chi connectivity index (χ2n) is 4.88. The number of ether oxygens (including phenoxy) is 2. The van der Waals surface area contributed by atoms with E-state index >= 15 is 0 Å². The smallest absolute Gasteiger partial charge is 0.0590 e. The van der Waals surface area contributed by atoms with Gasteiger partial charge in [0.25, 0.3) is 0 Å². The molecule has 0 aromatic carbocycles. The minimum Gasteiger partial charge on any atom is -0.385 e. The predicted molar refractivity (Wildman–Crippen MR) is 66.7 cm³/mol. The third kappa shape index (κ3) is 4.81. The van der Waals surface area contributed by atoms with Gasteiger partial charge in [-0.25, -0.2) is 0 Å². The summed E-state index contributed by atoms with van der Waals surface area (Å²) in [4.78, 5) is 0. The van der Waals surface area contributed by atoms with Crippen LogP contribution in [0.4, 0.5) is 0 Å². The Morgan fingerprint density at radius 3 is 2.81 bits per heavy atom. The Balaban J connectivity index is 2.28. The van der Waals surface area contributed by atoms with Gasteiger partial charge in [-0.1, -0.05) is 6.92 Å². The van der Waals surface area contributed by atoms with Crippen molar-refractivity contribution in [2.24, 2.45) is 5.92 Å². The summed E-state index contributed by atoms with van der Waals surface area (Å²) in [5, 5.41) is 3.42. The fourth-order valence-electron chi connectivity index (χ4n) is 2.42. The second-order valence-corrected chi connectivity index (χ2v) is 4.88. The highest BCUT2D eigenvalue weighted by Gasteiger charge is 2.22. The lowest BCUT2D eigenvalue weighted by molar-refractivity contribution is 0.00117. The average molecular weight is 229 g/mol. The van der Waals surface area contributed by atoms with Crippen LogP contribution in [0.3, 0.4) is 0 Å². The van der Waals surface area contributed by atoms with Gasteiger partial charge < -0.3 is 14.8 Å². The maximum Gasteiger partial charge on any atom is 0.0590 e. The first-order valence-electron chi connectivity index (χ1n) is 6.55. The van der Waals surface area contributed by atoms with E-state index in [2.05, 4.69) is 19.3 Å². The normalized spacial score (nSPS) is 25.3. The third-order valence-corrected chi connectivity index (χ3v) is 3.63. The summed E-state index contributed by atoms with van der Waals surface area (Å²) < 4.78 is 10.9. The van der Waals surface area contributed by atoms with Crippen LogP contribution in [0.15, 0.2) is 0 Å². The summed E-state index contributed by atoms with van der Waals surface area (Å²) in [6.07, 6.45) is 6.52. The highest BCUT2D eigenvalue weighted by molar-refractivity contribution is 4.77. The highest BCUT2D eigenvalue weighted by atomic mass is 16.5. The molecule has 0 saturated carbocycles. The molecular formula is C13H27NO2. The molecule has 0 aromatic heterocycles. The minimum atomic E-state index is 0.469. The van der Waals surface area contributed by atoms with Crippen molar-refractivity contribution in [3.05, 3.63) is 0 Å². The van der Waals surface area contributed by atoms with Crippen molar-refractivity contribution in [1.29, 1.82) is 0 Å². The van der Waals surface area contributed by atoms with Gasteiger partial charge in [0, 0.05) is 26.4 Å². The van der Waals surface area contributed by atoms with Crippen LogP contribution in [-0.4, -0.2) is 39.5 Å². The summed E-state index contributed by atoms with van der Waals surface area (Å²) in [6, 6.07) is 0.554. The predicted octanol–water partition coefficient (Wildman–Crippen LogP) is 2.21. The van der Waals surface area contributed by atoms with Gasteiger partial charge in [-0.2, -0.15) is 0 Å². The zero-order valence-electron chi connectivity index (χ0n) is 11.0. The first-order chi connectivity index (χ1) is 7.77. The monoisotopic (exact) mass is 229 g/mol. The SMILES string of the molecule is CNC(CC1CCCCO1)C(C)CCOC. The van der Waals surface area contributed by atoms with E-state index in [0.717, 1.165) is 26.1 Å². The van der Waals surface area contributed by atoms with Gasteiger partial charge >= 0.3 is 0 Å². The Morgan fingerprint density at radius 1 is 1.44 bits per heavy atom. The fraction of sp³-hybridized carbons (Fsp3) is 1.00. The number of methoxy groups -OCH3 is 1. The van der Waals surface area contributed by atoms with Crippen molar-refractivity contribution in [3.8, 4) is 0 Å². The summed E-state index contributed by atoms with van der Waals surface area (Å²) in [5.74, 6) is 0.649. The minimum absolute atomic E-state index is 0.469. The van der Waals surface area contributed by atoms with E-state index in [9.17, 15) is 0 Å². The molecule has 0 bridgehead atoms. The van der Waals surface area contributed by atoms with Crippen molar-refractivity contribution in [2.45, 2.75) is 51.2 Å². The van der Waals surface area contributed by atoms with Gasteiger partial charge in [0.15, 0.2) is 0 Å². The molecule has 1 rings (SSSR count). The van der Waals surface area contributed by atoms with Gasteiger partial charge in [-0.3, -0.25) is 0 Å². The lowest BCUT2D eigenvalue weighted by Gasteiger charge is -2.30. The fourth-order valence-corrected chi connectivity index (χ4v) is 2.42. The molecule has 0 aliphatic carbocycles. The van der Waals surface area contributed by atoms with Crippen LogP contribution in [0.5, 0.6) is 0 Å². The van der Waals surface area contributed by atoms with Crippen molar-refractivity contribution in [2.75, 3.05) is 27.4 Å². The van der Waals surface area contributed by atoms with E-state index in [4.69, 9.17) is 9.47 Å². The molecule has 1 N–H and O–H groups in total. The summed E-state index contributed by atoms with van der Waals surface area (Å²) in [6.45, 7) is 4.10. The van der Waals surface area contributed by atoms with Gasteiger partial charge in [0.1, 0.15) is 0 Å². The molecule has 0 amide bonds. The molecule has 3 atom stereocenters. The number of rotatable bonds is 7. The largest absolute Gasteiger partial charge is 0.385 e. The number of nitrogens with one attached hydrogen (secondary N) is 1. The van der Waals surface area contributed by atoms with E-state index in [0.29, 0.717) is 18.1 Å². The van der Waals surface area contributed by atoms with Gasteiger partial charge in [-0.05, 0) is 45.1 Å².